The highest BCUT2D eigenvalue weighted by molar-refractivity contribution is 7.89. The van der Waals surface area contributed by atoms with Crippen molar-refractivity contribution in [1.82, 2.24) is 9.21 Å². The van der Waals surface area contributed by atoms with Crippen LogP contribution in [0, 0.1) is 5.82 Å². The lowest BCUT2D eigenvalue weighted by molar-refractivity contribution is 0.146. The summed E-state index contributed by atoms with van der Waals surface area (Å²) >= 11 is 12.1. The molecule has 4 nitrogen and oxygen atoms in total. The first-order chi connectivity index (χ1) is 12.3. The van der Waals surface area contributed by atoms with Gasteiger partial charge in [0.25, 0.3) is 0 Å². The molecule has 1 atom stereocenters. The van der Waals surface area contributed by atoms with E-state index in [4.69, 9.17) is 23.2 Å². The van der Waals surface area contributed by atoms with Gasteiger partial charge in [-0.1, -0.05) is 41.4 Å². The minimum atomic E-state index is -3.75. The zero-order valence-electron chi connectivity index (χ0n) is 14.2. The molecule has 0 spiro atoms. The summed E-state index contributed by atoms with van der Waals surface area (Å²) in [6, 6.07) is 11.1. The molecule has 0 amide bonds. The fourth-order valence-electron chi connectivity index (χ4n) is 3.14. The number of hydrogen-bond donors (Lipinski definition) is 0. The van der Waals surface area contributed by atoms with Crippen LogP contribution < -0.4 is 0 Å². The van der Waals surface area contributed by atoms with Crippen molar-refractivity contribution in [3.05, 3.63) is 63.9 Å². The molecule has 0 aromatic heterocycles. The van der Waals surface area contributed by atoms with E-state index in [0.29, 0.717) is 26.2 Å². The van der Waals surface area contributed by atoms with E-state index in [1.165, 1.54) is 28.6 Å². The van der Waals surface area contributed by atoms with Gasteiger partial charge >= 0.3 is 0 Å². The van der Waals surface area contributed by atoms with Gasteiger partial charge in [0.1, 0.15) is 10.7 Å². The summed E-state index contributed by atoms with van der Waals surface area (Å²) in [5, 5.41) is 0.249. The predicted octanol–water partition coefficient (Wildman–Crippen LogP) is 4.20. The van der Waals surface area contributed by atoms with Crippen LogP contribution in [0.3, 0.4) is 0 Å². The summed E-state index contributed by atoms with van der Waals surface area (Å²) < 4.78 is 40.3. The van der Waals surface area contributed by atoms with Gasteiger partial charge in [0, 0.05) is 32.2 Å². The van der Waals surface area contributed by atoms with E-state index in [9.17, 15) is 12.8 Å². The third-order valence-electron chi connectivity index (χ3n) is 4.69. The van der Waals surface area contributed by atoms with E-state index < -0.39 is 10.0 Å². The Morgan fingerprint density at radius 1 is 0.962 bits per heavy atom. The lowest BCUT2D eigenvalue weighted by atomic mass is 10.1. The average Bonchev–Trinajstić information content (AvgIpc) is 2.61. The number of hydrogen-bond acceptors (Lipinski definition) is 3. The van der Waals surface area contributed by atoms with Gasteiger partial charge in [-0.2, -0.15) is 4.31 Å². The highest BCUT2D eigenvalue weighted by Gasteiger charge is 2.33. The van der Waals surface area contributed by atoms with Crippen molar-refractivity contribution in [2.45, 2.75) is 17.9 Å². The van der Waals surface area contributed by atoms with Crippen molar-refractivity contribution in [3.63, 3.8) is 0 Å². The fraction of sp³-hybridized carbons (Fsp3) is 0.333. The van der Waals surface area contributed by atoms with E-state index in [0.717, 1.165) is 5.56 Å². The second kappa shape index (κ2) is 7.82. The van der Waals surface area contributed by atoms with Crippen LogP contribution in [-0.2, 0) is 10.0 Å². The Morgan fingerprint density at radius 2 is 1.50 bits per heavy atom. The van der Waals surface area contributed by atoms with Crippen LogP contribution in [-0.4, -0.2) is 43.8 Å². The van der Waals surface area contributed by atoms with Crippen LogP contribution in [0.5, 0.6) is 0 Å². The first-order valence-electron chi connectivity index (χ1n) is 8.24. The molecule has 0 saturated carbocycles. The van der Waals surface area contributed by atoms with Gasteiger partial charge in [-0.15, -0.1) is 0 Å². The van der Waals surface area contributed by atoms with E-state index in [1.807, 2.05) is 6.92 Å². The second-order valence-corrected chi connectivity index (χ2v) is 8.91. The molecule has 2 aromatic rings. The molecular weight excluding hydrogens is 398 g/mol. The molecule has 1 saturated heterocycles. The van der Waals surface area contributed by atoms with Gasteiger partial charge in [0.05, 0.1) is 10.0 Å². The number of benzene rings is 2. The highest BCUT2D eigenvalue weighted by atomic mass is 35.5. The summed E-state index contributed by atoms with van der Waals surface area (Å²) in [5.41, 5.74) is 0.997. The number of sulfonamides is 1. The molecule has 1 fully saturated rings. The van der Waals surface area contributed by atoms with Crippen molar-refractivity contribution < 1.29 is 12.8 Å². The molecule has 140 valence electrons. The number of piperazine rings is 1. The summed E-state index contributed by atoms with van der Waals surface area (Å²) in [5.74, 6) is -0.270. The summed E-state index contributed by atoms with van der Waals surface area (Å²) in [7, 11) is -3.75. The van der Waals surface area contributed by atoms with E-state index in [1.54, 1.807) is 18.2 Å². The molecule has 1 aliphatic heterocycles. The minimum absolute atomic E-state index is 0.0385. The standard InChI is InChI=1S/C18H19Cl2FN2O2S/c1-13(14-5-7-15(21)8-6-14)22-9-11-23(12-10-22)26(24,25)18-16(19)3-2-4-17(18)20/h2-8,13H,9-12H2,1H3/t13-/m1/s1. The molecule has 0 radical (unpaired) electrons. The Morgan fingerprint density at radius 3 is 2.04 bits per heavy atom. The van der Waals surface area contributed by atoms with Gasteiger partial charge in [-0.05, 0) is 36.8 Å². The van der Waals surface area contributed by atoms with E-state index in [-0.39, 0.29) is 26.8 Å². The molecule has 0 unspecified atom stereocenters. The lowest BCUT2D eigenvalue weighted by Crippen LogP contribution is -2.49. The Balaban J connectivity index is 1.73. The molecule has 8 heteroatoms. The second-order valence-electron chi connectivity index (χ2n) is 6.22. The van der Waals surface area contributed by atoms with Crippen LogP contribution in [0.25, 0.3) is 0 Å². The van der Waals surface area contributed by atoms with Crippen LogP contribution >= 0.6 is 23.2 Å². The van der Waals surface area contributed by atoms with Crippen molar-refractivity contribution in [2.75, 3.05) is 26.2 Å². The topological polar surface area (TPSA) is 40.6 Å². The molecule has 3 rings (SSSR count). The smallest absolute Gasteiger partial charge is 0.246 e. The normalized spacial score (nSPS) is 18.0. The van der Waals surface area contributed by atoms with Crippen LogP contribution in [0.2, 0.25) is 10.0 Å². The SMILES string of the molecule is C[C@H](c1ccc(F)cc1)N1CCN(S(=O)(=O)c2c(Cl)cccc2Cl)CC1. The number of halogens is 3. The van der Waals surface area contributed by atoms with Crippen LogP contribution in [0.4, 0.5) is 4.39 Å². The molecule has 2 aromatic carbocycles. The third kappa shape index (κ3) is 3.89. The maximum atomic E-state index is 13.1. The van der Waals surface area contributed by atoms with Gasteiger partial charge in [0.2, 0.25) is 10.0 Å². The predicted molar refractivity (Wildman–Crippen MR) is 102 cm³/mol. The number of nitrogens with zero attached hydrogens (tertiary/aromatic N) is 2. The Kier molecular flexibility index (Phi) is 5.89. The average molecular weight is 417 g/mol. The molecule has 26 heavy (non-hydrogen) atoms. The Hall–Kier alpha value is -1.18. The molecule has 0 aliphatic carbocycles. The van der Waals surface area contributed by atoms with Crippen molar-refractivity contribution in [1.29, 1.82) is 0 Å². The third-order valence-corrected chi connectivity index (χ3v) is 7.54. The molecular formula is C18H19Cl2FN2O2S. The van der Waals surface area contributed by atoms with E-state index >= 15 is 0 Å². The Labute approximate surface area is 163 Å². The quantitative estimate of drug-likeness (QED) is 0.749. The van der Waals surface area contributed by atoms with Crippen LogP contribution in [0.15, 0.2) is 47.4 Å². The minimum Gasteiger partial charge on any atom is -0.294 e. The number of rotatable bonds is 4. The lowest BCUT2D eigenvalue weighted by Gasteiger charge is -2.37. The molecule has 1 heterocycles. The molecule has 1 aliphatic rings. The van der Waals surface area contributed by atoms with Crippen molar-refractivity contribution in [2.24, 2.45) is 0 Å². The monoisotopic (exact) mass is 416 g/mol. The summed E-state index contributed by atoms with van der Waals surface area (Å²) in [6.07, 6.45) is 0. The fourth-order valence-corrected chi connectivity index (χ4v) is 5.65. The van der Waals surface area contributed by atoms with E-state index in [2.05, 4.69) is 4.90 Å². The maximum absolute atomic E-state index is 13.1. The first-order valence-corrected chi connectivity index (χ1v) is 10.4. The van der Waals surface area contributed by atoms with Crippen LogP contribution in [0.1, 0.15) is 18.5 Å². The van der Waals surface area contributed by atoms with Crippen molar-refractivity contribution in [3.8, 4) is 0 Å². The van der Waals surface area contributed by atoms with Crippen molar-refractivity contribution >= 4 is 33.2 Å². The molecule has 0 N–H and O–H groups in total. The largest absolute Gasteiger partial charge is 0.294 e. The first kappa shape index (κ1) is 19.6. The molecule has 0 bridgehead atoms. The maximum Gasteiger partial charge on any atom is 0.246 e. The van der Waals surface area contributed by atoms with Gasteiger partial charge < -0.3 is 0 Å². The highest BCUT2D eigenvalue weighted by Crippen LogP contribution is 2.32. The van der Waals surface area contributed by atoms with Gasteiger partial charge in [-0.25, -0.2) is 12.8 Å². The summed E-state index contributed by atoms with van der Waals surface area (Å²) in [4.78, 5) is 2.14. The van der Waals surface area contributed by atoms with Gasteiger partial charge in [0.15, 0.2) is 0 Å². The zero-order valence-corrected chi connectivity index (χ0v) is 16.5. The summed E-state index contributed by atoms with van der Waals surface area (Å²) in [6.45, 7) is 3.85. The van der Waals surface area contributed by atoms with Gasteiger partial charge in [-0.3, -0.25) is 4.90 Å². The Bertz CT molecular complexity index is 862. The zero-order chi connectivity index (χ0) is 18.9.